The lowest BCUT2D eigenvalue weighted by molar-refractivity contribution is 0.101. The third kappa shape index (κ3) is 3.29. The van der Waals surface area contributed by atoms with Gasteiger partial charge in [0, 0.05) is 36.8 Å². The van der Waals surface area contributed by atoms with Crippen LogP contribution in [-0.2, 0) is 13.0 Å². The van der Waals surface area contributed by atoms with E-state index in [1.807, 2.05) is 18.2 Å². The molecule has 2 aromatic heterocycles. The highest BCUT2D eigenvalue weighted by molar-refractivity contribution is 6.04. The van der Waals surface area contributed by atoms with E-state index in [1.165, 1.54) is 19.3 Å². The van der Waals surface area contributed by atoms with E-state index in [0.717, 1.165) is 48.1 Å². The lowest BCUT2D eigenvalue weighted by atomic mass is 9.95. The molecule has 148 valence electrons. The minimum absolute atomic E-state index is 0. The predicted molar refractivity (Wildman–Crippen MR) is 111 cm³/mol. The summed E-state index contributed by atoms with van der Waals surface area (Å²) in [5.41, 5.74) is 4.51. The molecule has 28 heavy (non-hydrogen) atoms. The summed E-state index contributed by atoms with van der Waals surface area (Å²) in [7, 11) is 0. The first-order valence-corrected chi connectivity index (χ1v) is 9.86. The summed E-state index contributed by atoms with van der Waals surface area (Å²) in [5, 5.41) is 13.7. The summed E-state index contributed by atoms with van der Waals surface area (Å²) >= 11 is 0. The molecular formula is C20H25ClN6O. The minimum atomic E-state index is -0.191. The van der Waals surface area contributed by atoms with Crippen molar-refractivity contribution < 1.29 is 4.79 Å². The van der Waals surface area contributed by atoms with Crippen LogP contribution < -0.4 is 10.6 Å². The Morgan fingerprint density at radius 3 is 2.86 bits per heavy atom. The molecule has 5 rings (SSSR count). The number of fused-ring (bicyclic) bond motifs is 2. The van der Waals surface area contributed by atoms with Gasteiger partial charge in [0.2, 0.25) is 5.95 Å². The molecule has 8 heteroatoms. The van der Waals surface area contributed by atoms with Gasteiger partial charge in [-0.05, 0) is 25.0 Å². The Balaban J connectivity index is 0.00000192. The van der Waals surface area contributed by atoms with Crippen molar-refractivity contribution >= 4 is 35.3 Å². The van der Waals surface area contributed by atoms with Crippen LogP contribution in [0.2, 0.25) is 0 Å². The van der Waals surface area contributed by atoms with Crippen molar-refractivity contribution in [1.29, 1.82) is 0 Å². The second-order valence-electron chi connectivity index (χ2n) is 7.50. The second kappa shape index (κ2) is 7.93. The van der Waals surface area contributed by atoms with Gasteiger partial charge < -0.3 is 9.88 Å². The van der Waals surface area contributed by atoms with Gasteiger partial charge in [0.25, 0.3) is 5.91 Å². The summed E-state index contributed by atoms with van der Waals surface area (Å²) < 4.78 is 2.23. The number of nitrogens with zero attached hydrogens (tertiary/aromatic N) is 3. The van der Waals surface area contributed by atoms with Crippen LogP contribution in [0.15, 0.2) is 24.3 Å². The molecule has 3 heterocycles. The van der Waals surface area contributed by atoms with Crippen LogP contribution in [-0.4, -0.2) is 32.2 Å². The Morgan fingerprint density at radius 2 is 2.00 bits per heavy atom. The molecule has 0 unspecified atom stereocenters. The Morgan fingerprint density at radius 1 is 1.18 bits per heavy atom. The number of aromatic amines is 1. The van der Waals surface area contributed by atoms with Gasteiger partial charge in [0.15, 0.2) is 5.69 Å². The molecule has 3 aromatic rings. The van der Waals surface area contributed by atoms with Crippen LogP contribution in [0, 0.1) is 0 Å². The first kappa shape index (κ1) is 19.0. The fourth-order valence-electron chi connectivity index (χ4n) is 4.42. The zero-order chi connectivity index (χ0) is 18.2. The number of benzene rings is 1. The standard InChI is InChI=1S/C20H24N6O.ClH/c27-19(18-14-12-21-11-10-15(14)24-25-18)23-20-22-16-8-4-5-9-17(16)26(20)13-6-2-1-3-7-13;/h4-5,8-9,13,21H,1-3,6-7,10-12H2,(H,24,25)(H,22,23,27);1H. The van der Waals surface area contributed by atoms with E-state index in [-0.39, 0.29) is 18.3 Å². The molecular weight excluding hydrogens is 376 g/mol. The average molecular weight is 401 g/mol. The highest BCUT2D eigenvalue weighted by Gasteiger charge is 2.26. The number of carbonyl (C=O) groups excluding carboxylic acids is 1. The van der Waals surface area contributed by atoms with Gasteiger partial charge >= 0.3 is 0 Å². The van der Waals surface area contributed by atoms with E-state index in [1.54, 1.807) is 0 Å². The van der Waals surface area contributed by atoms with Crippen molar-refractivity contribution in [1.82, 2.24) is 25.1 Å². The topological polar surface area (TPSA) is 87.6 Å². The van der Waals surface area contributed by atoms with E-state index in [9.17, 15) is 4.79 Å². The van der Waals surface area contributed by atoms with E-state index < -0.39 is 0 Å². The number of nitrogens with one attached hydrogen (secondary N) is 3. The van der Waals surface area contributed by atoms with Gasteiger partial charge in [-0.25, -0.2) is 4.98 Å². The number of imidazole rings is 1. The monoisotopic (exact) mass is 400 g/mol. The van der Waals surface area contributed by atoms with Gasteiger partial charge in [-0.1, -0.05) is 31.4 Å². The molecule has 0 radical (unpaired) electrons. The Labute approximate surface area is 169 Å². The van der Waals surface area contributed by atoms with Crippen LogP contribution in [0.25, 0.3) is 11.0 Å². The number of hydrogen-bond donors (Lipinski definition) is 3. The Kier molecular flexibility index (Phi) is 5.37. The van der Waals surface area contributed by atoms with Crippen molar-refractivity contribution in [3.8, 4) is 0 Å². The molecule has 1 saturated carbocycles. The third-order valence-electron chi connectivity index (χ3n) is 5.78. The van der Waals surface area contributed by atoms with Crippen molar-refractivity contribution in [3.63, 3.8) is 0 Å². The second-order valence-corrected chi connectivity index (χ2v) is 7.50. The maximum absolute atomic E-state index is 13.0. The summed E-state index contributed by atoms with van der Waals surface area (Å²) in [6.07, 6.45) is 6.87. The van der Waals surface area contributed by atoms with Gasteiger partial charge in [-0.2, -0.15) is 5.10 Å². The quantitative estimate of drug-likeness (QED) is 0.627. The van der Waals surface area contributed by atoms with Crippen molar-refractivity contribution in [3.05, 3.63) is 41.2 Å². The molecule has 0 spiro atoms. The predicted octanol–water partition coefficient (Wildman–Crippen LogP) is 3.58. The van der Waals surface area contributed by atoms with E-state index in [4.69, 9.17) is 4.98 Å². The maximum Gasteiger partial charge on any atom is 0.278 e. The number of hydrogen-bond acceptors (Lipinski definition) is 4. The molecule has 1 fully saturated rings. The summed E-state index contributed by atoms with van der Waals surface area (Å²) in [6.45, 7) is 1.58. The SMILES string of the molecule is Cl.O=C(Nc1nc2ccccc2n1C1CCCCC1)c1n[nH]c2c1CNCC2. The Hall–Kier alpha value is -2.38. The van der Waals surface area contributed by atoms with Crippen LogP contribution in [0.1, 0.15) is 59.9 Å². The van der Waals surface area contributed by atoms with E-state index in [0.29, 0.717) is 24.2 Å². The van der Waals surface area contributed by atoms with E-state index in [2.05, 4.69) is 31.5 Å². The zero-order valence-electron chi connectivity index (χ0n) is 15.7. The van der Waals surface area contributed by atoms with Crippen LogP contribution >= 0.6 is 12.4 Å². The number of rotatable bonds is 3. The number of halogens is 1. The third-order valence-corrected chi connectivity index (χ3v) is 5.78. The first-order chi connectivity index (χ1) is 13.3. The number of carbonyl (C=O) groups is 1. The largest absolute Gasteiger partial charge is 0.312 e. The number of amides is 1. The fourth-order valence-corrected chi connectivity index (χ4v) is 4.42. The first-order valence-electron chi connectivity index (χ1n) is 9.86. The maximum atomic E-state index is 13.0. The number of H-pyrrole nitrogens is 1. The lowest BCUT2D eigenvalue weighted by Crippen LogP contribution is -2.26. The number of aromatic nitrogens is 4. The molecule has 2 aliphatic rings. The molecule has 0 atom stereocenters. The molecule has 0 saturated heterocycles. The van der Waals surface area contributed by atoms with Gasteiger partial charge in [-0.15, -0.1) is 12.4 Å². The van der Waals surface area contributed by atoms with Crippen LogP contribution in [0.4, 0.5) is 5.95 Å². The van der Waals surface area contributed by atoms with Gasteiger partial charge in [0.05, 0.1) is 11.0 Å². The molecule has 1 aromatic carbocycles. The highest BCUT2D eigenvalue weighted by Crippen LogP contribution is 2.34. The fraction of sp³-hybridized carbons (Fsp3) is 0.450. The summed E-state index contributed by atoms with van der Waals surface area (Å²) in [4.78, 5) is 17.7. The molecule has 1 aliphatic carbocycles. The van der Waals surface area contributed by atoms with Crippen LogP contribution in [0.5, 0.6) is 0 Å². The molecule has 3 N–H and O–H groups in total. The van der Waals surface area contributed by atoms with Gasteiger partial charge in [0.1, 0.15) is 0 Å². The molecule has 1 aliphatic heterocycles. The van der Waals surface area contributed by atoms with Crippen molar-refractivity contribution in [2.75, 3.05) is 11.9 Å². The average Bonchev–Trinajstić information content (AvgIpc) is 3.30. The molecule has 7 nitrogen and oxygen atoms in total. The summed E-state index contributed by atoms with van der Waals surface area (Å²) in [6, 6.07) is 8.50. The summed E-state index contributed by atoms with van der Waals surface area (Å²) in [5.74, 6) is 0.442. The van der Waals surface area contributed by atoms with Crippen molar-refractivity contribution in [2.45, 2.75) is 51.1 Å². The van der Waals surface area contributed by atoms with E-state index >= 15 is 0 Å². The van der Waals surface area contributed by atoms with Crippen LogP contribution in [0.3, 0.4) is 0 Å². The highest BCUT2D eigenvalue weighted by atomic mass is 35.5. The van der Waals surface area contributed by atoms with Crippen molar-refractivity contribution in [2.24, 2.45) is 0 Å². The molecule has 1 amide bonds. The zero-order valence-corrected chi connectivity index (χ0v) is 16.5. The minimum Gasteiger partial charge on any atom is -0.312 e. The Bertz CT molecular complexity index is 988. The number of anilines is 1. The smallest absolute Gasteiger partial charge is 0.278 e. The molecule has 0 bridgehead atoms. The normalized spacial score (nSPS) is 17.1. The number of para-hydroxylation sites is 2. The van der Waals surface area contributed by atoms with Gasteiger partial charge in [-0.3, -0.25) is 15.2 Å². The lowest BCUT2D eigenvalue weighted by Gasteiger charge is -2.25.